The number of hydrogen-bond donors (Lipinski definition) is 0. The molecule has 0 N–H and O–H groups in total. The highest BCUT2D eigenvalue weighted by Gasteiger charge is 2.19. The summed E-state index contributed by atoms with van der Waals surface area (Å²) in [5, 5.41) is 0. The van der Waals surface area contributed by atoms with Crippen LogP contribution in [-0.4, -0.2) is 9.46 Å². The van der Waals surface area contributed by atoms with E-state index in [9.17, 15) is 13.2 Å². The van der Waals surface area contributed by atoms with Gasteiger partial charge in [-0.15, -0.1) is 0 Å². The molecule has 1 aliphatic heterocycles. The predicted molar refractivity (Wildman–Crippen MR) is 65.3 cm³/mol. The molecule has 1 aromatic carbocycles. The average molecular weight is 277 g/mol. The van der Waals surface area contributed by atoms with Crippen molar-refractivity contribution in [3.8, 4) is 0 Å². The minimum absolute atomic E-state index is 0.222. The minimum Gasteiger partial charge on any atom is -0.206 e. The van der Waals surface area contributed by atoms with Gasteiger partial charge in [0.05, 0.1) is 0 Å². The van der Waals surface area contributed by atoms with Crippen LogP contribution >= 0.6 is 23.9 Å². The van der Waals surface area contributed by atoms with Gasteiger partial charge in [0, 0.05) is 23.6 Å². The molecule has 0 amide bonds. The molecule has 0 aliphatic carbocycles. The number of allylic oxidation sites excluding steroid dienone is 1. The van der Waals surface area contributed by atoms with Gasteiger partial charge in [-0.3, -0.25) is 0 Å². The lowest BCUT2D eigenvalue weighted by molar-refractivity contribution is 0.373. The number of rotatable bonds is 4. The maximum absolute atomic E-state index is 12.6. The molecule has 0 fully saturated rings. The normalized spacial score (nSPS) is 14.8. The second kappa shape index (κ2) is 5.84. The fourth-order valence-electron chi connectivity index (χ4n) is 1.41. The van der Waals surface area contributed by atoms with Crippen molar-refractivity contribution in [2.24, 2.45) is 0 Å². The molecule has 0 unspecified atom stereocenters. The summed E-state index contributed by atoms with van der Waals surface area (Å²) in [5.74, 6) is -0.983. The molecule has 0 atom stereocenters. The predicted octanol–water partition coefficient (Wildman–Crippen LogP) is 4.63. The molecule has 0 radical (unpaired) electrons. The molecule has 0 saturated carbocycles. The average Bonchev–Trinajstić information content (AvgIpc) is 2.71. The zero-order chi connectivity index (χ0) is 12.3. The SMILES string of the molecule is FC(F)=C(F)CCSN1Cc2ccccc2S1. The monoisotopic (exact) mass is 277 g/mol. The zero-order valence-electron chi connectivity index (χ0n) is 8.83. The van der Waals surface area contributed by atoms with Crippen LogP contribution in [0.25, 0.3) is 0 Å². The van der Waals surface area contributed by atoms with E-state index in [0.29, 0.717) is 5.75 Å². The van der Waals surface area contributed by atoms with Crippen molar-refractivity contribution in [1.29, 1.82) is 0 Å². The van der Waals surface area contributed by atoms with Crippen molar-refractivity contribution >= 4 is 23.9 Å². The number of halogens is 3. The van der Waals surface area contributed by atoms with E-state index in [1.54, 1.807) is 11.9 Å². The molecule has 17 heavy (non-hydrogen) atoms. The first kappa shape index (κ1) is 12.9. The molecule has 2 rings (SSSR count). The minimum atomic E-state index is -2.21. The molecular weight excluding hydrogens is 267 g/mol. The Balaban J connectivity index is 1.79. The Morgan fingerprint density at radius 3 is 2.76 bits per heavy atom. The van der Waals surface area contributed by atoms with E-state index in [-0.39, 0.29) is 6.42 Å². The van der Waals surface area contributed by atoms with E-state index in [4.69, 9.17) is 0 Å². The van der Waals surface area contributed by atoms with Crippen molar-refractivity contribution in [2.75, 3.05) is 5.75 Å². The van der Waals surface area contributed by atoms with Crippen molar-refractivity contribution in [1.82, 2.24) is 3.71 Å². The number of benzene rings is 1. The lowest BCUT2D eigenvalue weighted by Gasteiger charge is -2.10. The first-order valence-corrected chi connectivity index (χ1v) is 6.74. The topological polar surface area (TPSA) is 3.24 Å². The first-order valence-electron chi connectivity index (χ1n) is 5.03. The van der Waals surface area contributed by atoms with Crippen LogP contribution < -0.4 is 0 Å². The summed E-state index contributed by atoms with van der Waals surface area (Å²) >= 11 is 2.94. The van der Waals surface area contributed by atoms with Gasteiger partial charge in [0.2, 0.25) is 0 Å². The van der Waals surface area contributed by atoms with Gasteiger partial charge in [0.1, 0.15) is 0 Å². The Bertz CT molecular complexity index is 407. The third kappa shape index (κ3) is 3.43. The largest absolute Gasteiger partial charge is 0.301 e. The van der Waals surface area contributed by atoms with Crippen LogP contribution in [0.2, 0.25) is 0 Å². The summed E-state index contributed by atoms with van der Waals surface area (Å²) in [6.45, 7) is 0.759. The number of fused-ring (bicyclic) bond motifs is 1. The Labute approximate surface area is 106 Å². The van der Waals surface area contributed by atoms with E-state index in [2.05, 4.69) is 0 Å². The Morgan fingerprint density at radius 2 is 2.06 bits per heavy atom. The summed E-state index contributed by atoms with van der Waals surface area (Å²) in [6, 6.07) is 7.97. The molecule has 0 aromatic heterocycles. The quantitative estimate of drug-likeness (QED) is 0.739. The van der Waals surface area contributed by atoms with Crippen LogP contribution in [0.3, 0.4) is 0 Å². The van der Waals surface area contributed by atoms with Crippen LogP contribution in [0.15, 0.2) is 41.1 Å². The molecule has 0 bridgehead atoms. The highest BCUT2D eigenvalue weighted by Crippen LogP contribution is 2.40. The fourth-order valence-corrected chi connectivity index (χ4v) is 3.60. The molecule has 0 saturated heterocycles. The van der Waals surface area contributed by atoms with E-state index >= 15 is 0 Å². The Hall–Kier alpha value is -0.590. The number of nitrogens with zero attached hydrogens (tertiary/aromatic N) is 1. The van der Waals surface area contributed by atoms with Gasteiger partial charge in [-0.05, 0) is 23.6 Å². The molecule has 1 nitrogen and oxygen atoms in total. The lowest BCUT2D eigenvalue weighted by atomic mass is 10.2. The van der Waals surface area contributed by atoms with Crippen LogP contribution in [0, 0.1) is 0 Å². The van der Waals surface area contributed by atoms with E-state index in [1.165, 1.54) is 22.4 Å². The smallest absolute Gasteiger partial charge is 0.206 e. The molecule has 6 heteroatoms. The lowest BCUT2D eigenvalue weighted by Crippen LogP contribution is -2.00. The van der Waals surface area contributed by atoms with Gasteiger partial charge >= 0.3 is 6.08 Å². The van der Waals surface area contributed by atoms with Gasteiger partial charge < -0.3 is 0 Å². The van der Waals surface area contributed by atoms with E-state index in [0.717, 1.165) is 6.54 Å². The standard InChI is InChI=1S/C11H10F3NS2/c12-9(11(13)14)5-6-16-15-7-8-3-1-2-4-10(8)17-15/h1-4H,5-7H2. The summed E-state index contributed by atoms with van der Waals surface area (Å²) in [5.41, 5.74) is 1.22. The van der Waals surface area contributed by atoms with Gasteiger partial charge in [0.25, 0.3) is 0 Å². The van der Waals surface area contributed by atoms with Crippen LogP contribution in [0.4, 0.5) is 13.2 Å². The molecule has 92 valence electrons. The van der Waals surface area contributed by atoms with Crippen molar-refractivity contribution in [2.45, 2.75) is 17.9 Å². The first-order chi connectivity index (χ1) is 8.16. The van der Waals surface area contributed by atoms with Crippen LogP contribution in [0.5, 0.6) is 0 Å². The maximum Gasteiger partial charge on any atom is 0.301 e. The van der Waals surface area contributed by atoms with Gasteiger partial charge in [-0.1, -0.05) is 30.1 Å². The summed E-state index contributed by atoms with van der Waals surface area (Å²) < 4.78 is 38.2. The fraction of sp³-hybridized carbons (Fsp3) is 0.273. The van der Waals surface area contributed by atoms with Gasteiger partial charge in [0.15, 0.2) is 5.83 Å². The second-order valence-electron chi connectivity index (χ2n) is 3.44. The van der Waals surface area contributed by atoms with E-state index < -0.39 is 11.9 Å². The second-order valence-corrected chi connectivity index (χ2v) is 5.84. The van der Waals surface area contributed by atoms with E-state index in [1.807, 2.05) is 28.0 Å². The van der Waals surface area contributed by atoms with Crippen LogP contribution in [-0.2, 0) is 6.54 Å². The Morgan fingerprint density at radius 1 is 1.29 bits per heavy atom. The third-order valence-corrected chi connectivity index (χ3v) is 4.51. The van der Waals surface area contributed by atoms with Crippen molar-refractivity contribution < 1.29 is 13.2 Å². The summed E-state index contributed by atoms with van der Waals surface area (Å²) in [7, 11) is 0. The molecule has 1 heterocycles. The molecular formula is C11H10F3NS2. The summed E-state index contributed by atoms with van der Waals surface area (Å²) in [6.07, 6.45) is -2.43. The number of hydrogen-bond acceptors (Lipinski definition) is 3. The van der Waals surface area contributed by atoms with Crippen molar-refractivity contribution in [3.63, 3.8) is 0 Å². The van der Waals surface area contributed by atoms with Crippen LogP contribution in [0.1, 0.15) is 12.0 Å². The molecule has 0 spiro atoms. The Kier molecular flexibility index (Phi) is 4.42. The zero-order valence-corrected chi connectivity index (χ0v) is 10.5. The third-order valence-electron chi connectivity index (χ3n) is 2.23. The van der Waals surface area contributed by atoms with Crippen molar-refractivity contribution in [3.05, 3.63) is 41.7 Å². The van der Waals surface area contributed by atoms with Gasteiger partial charge in [-0.2, -0.15) is 12.5 Å². The molecule has 1 aromatic rings. The molecule has 1 aliphatic rings. The highest BCUT2D eigenvalue weighted by atomic mass is 32.2. The highest BCUT2D eigenvalue weighted by molar-refractivity contribution is 8.12. The maximum atomic E-state index is 12.6. The summed E-state index contributed by atoms with van der Waals surface area (Å²) in [4.78, 5) is 1.17. The van der Waals surface area contributed by atoms with Gasteiger partial charge in [-0.25, -0.2) is 4.39 Å².